The molecule has 2 aliphatic rings. The average Bonchev–Trinajstić information content (AvgIpc) is 2.99. The lowest BCUT2D eigenvalue weighted by atomic mass is 9.90. The van der Waals surface area contributed by atoms with Gasteiger partial charge in [-0.2, -0.15) is 0 Å². The first-order valence-electron chi connectivity index (χ1n) is 9.27. The maximum Gasteiger partial charge on any atom is 0.223 e. The molecule has 5 nitrogen and oxygen atoms in total. The van der Waals surface area contributed by atoms with Crippen LogP contribution < -0.4 is 4.74 Å². The van der Waals surface area contributed by atoms with Crippen LogP contribution >= 0.6 is 0 Å². The highest BCUT2D eigenvalue weighted by Gasteiger charge is 2.28. The summed E-state index contributed by atoms with van der Waals surface area (Å²) < 4.78 is 28.1. The number of hydrogen-bond acceptors (Lipinski definition) is 4. The molecule has 2 heterocycles. The molecule has 26 heavy (non-hydrogen) atoms. The molecule has 1 atom stereocenters. The standard InChI is InChI=1S/C20H27NO4S/c1-25-19-6-4-16(5-7-19)2-3-17-8-11-21(12-9-17)20(22)14-18-10-13-26(23,24)15-18/h4-7,10,13,17-18H,2-3,8-9,11-12,14-15H2,1H3. The summed E-state index contributed by atoms with van der Waals surface area (Å²) in [5, 5.41) is 1.25. The second-order valence-electron chi connectivity index (χ2n) is 7.33. The van der Waals surface area contributed by atoms with Crippen LogP contribution in [0.3, 0.4) is 0 Å². The van der Waals surface area contributed by atoms with E-state index in [4.69, 9.17) is 4.74 Å². The highest BCUT2D eigenvalue weighted by Crippen LogP contribution is 2.25. The molecule has 0 N–H and O–H groups in total. The van der Waals surface area contributed by atoms with E-state index in [9.17, 15) is 13.2 Å². The molecule has 0 saturated carbocycles. The van der Waals surface area contributed by atoms with E-state index in [1.54, 1.807) is 13.2 Å². The summed E-state index contributed by atoms with van der Waals surface area (Å²) in [6, 6.07) is 8.21. The fraction of sp³-hybridized carbons (Fsp3) is 0.550. The molecule has 0 radical (unpaired) electrons. The number of hydrogen-bond donors (Lipinski definition) is 0. The van der Waals surface area contributed by atoms with Crippen molar-refractivity contribution < 1.29 is 17.9 Å². The Kier molecular flexibility index (Phi) is 6.01. The Balaban J connectivity index is 1.39. The predicted molar refractivity (Wildman–Crippen MR) is 102 cm³/mol. The van der Waals surface area contributed by atoms with E-state index in [2.05, 4.69) is 12.1 Å². The van der Waals surface area contributed by atoms with Crippen molar-refractivity contribution >= 4 is 15.7 Å². The number of likely N-dealkylation sites (tertiary alicyclic amines) is 1. The number of methoxy groups -OCH3 is 1. The number of benzene rings is 1. The van der Waals surface area contributed by atoms with Crippen molar-refractivity contribution in [1.29, 1.82) is 0 Å². The molecule has 0 spiro atoms. The molecular formula is C20H27NO4S. The number of ether oxygens (including phenoxy) is 1. The first-order valence-corrected chi connectivity index (χ1v) is 11.0. The molecule has 1 saturated heterocycles. The van der Waals surface area contributed by atoms with E-state index in [1.165, 1.54) is 11.0 Å². The molecular weight excluding hydrogens is 350 g/mol. The van der Waals surface area contributed by atoms with Gasteiger partial charge in [-0.3, -0.25) is 4.79 Å². The Morgan fingerprint density at radius 3 is 2.46 bits per heavy atom. The van der Waals surface area contributed by atoms with Gasteiger partial charge >= 0.3 is 0 Å². The lowest BCUT2D eigenvalue weighted by Gasteiger charge is -2.32. The molecule has 0 aromatic heterocycles. The van der Waals surface area contributed by atoms with Gasteiger partial charge in [-0.1, -0.05) is 18.2 Å². The molecule has 1 fully saturated rings. The highest BCUT2D eigenvalue weighted by atomic mass is 32.2. The molecule has 1 aromatic rings. The Morgan fingerprint density at radius 2 is 1.88 bits per heavy atom. The number of piperidine rings is 1. The van der Waals surface area contributed by atoms with E-state index in [0.717, 1.165) is 44.5 Å². The van der Waals surface area contributed by atoms with Crippen molar-refractivity contribution in [3.8, 4) is 5.75 Å². The van der Waals surface area contributed by atoms with Crippen molar-refractivity contribution in [2.75, 3.05) is 26.0 Å². The average molecular weight is 378 g/mol. The van der Waals surface area contributed by atoms with Crippen molar-refractivity contribution in [3.05, 3.63) is 41.3 Å². The fourth-order valence-corrected chi connectivity index (χ4v) is 5.15. The normalized spacial score (nSPS) is 22.5. The Labute approximate surface area is 155 Å². The summed E-state index contributed by atoms with van der Waals surface area (Å²) in [7, 11) is -1.41. The molecule has 1 amide bonds. The van der Waals surface area contributed by atoms with E-state index in [-0.39, 0.29) is 17.6 Å². The molecule has 0 aliphatic carbocycles. The zero-order valence-corrected chi connectivity index (χ0v) is 16.1. The predicted octanol–water partition coefficient (Wildman–Crippen LogP) is 2.81. The third-order valence-corrected chi connectivity index (χ3v) is 6.87. The molecule has 3 rings (SSSR count). The van der Waals surface area contributed by atoms with Gasteiger partial charge in [0.05, 0.1) is 12.9 Å². The molecule has 1 unspecified atom stereocenters. The van der Waals surface area contributed by atoms with Crippen molar-refractivity contribution in [1.82, 2.24) is 4.90 Å². The minimum absolute atomic E-state index is 0.0804. The number of carbonyl (C=O) groups excluding carboxylic acids is 1. The van der Waals surface area contributed by atoms with Crippen LogP contribution in [0.1, 0.15) is 31.2 Å². The van der Waals surface area contributed by atoms with Gasteiger partial charge in [0.15, 0.2) is 9.84 Å². The first-order chi connectivity index (χ1) is 12.4. The summed E-state index contributed by atoms with van der Waals surface area (Å²) in [6.07, 6.45) is 6.22. The number of carbonyl (C=O) groups is 1. The molecule has 2 aliphatic heterocycles. The Morgan fingerprint density at radius 1 is 1.19 bits per heavy atom. The SMILES string of the molecule is COc1ccc(CCC2CCN(C(=O)CC3C=CS(=O)(=O)C3)CC2)cc1. The number of aryl methyl sites for hydroxylation is 1. The molecule has 1 aromatic carbocycles. The van der Waals surface area contributed by atoms with Crippen molar-refractivity contribution in [2.24, 2.45) is 11.8 Å². The second kappa shape index (κ2) is 8.25. The number of nitrogens with zero attached hydrogens (tertiary/aromatic N) is 1. The Bertz CT molecular complexity index is 747. The minimum atomic E-state index is -3.08. The maximum atomic E-state index is 12.4. The molecule has 6 heteroatoms. The van der Waals surface area contributed by atoms with Crippen LogP contribution in [0, 0.1) is 11.8 Å². The Hall–Kier alpha value is -1.82. The topological polar surface area (TPSA) is 63.7 Å². The highest BCUT2D eigenvalue weighted by molar-refractivity contribution is 7.94. The maximum absolute atomic E-state index is 12.4. The third-order valence-electron chi connectivity index (χ3n) is 5.41. The zero-order chi connectivity index (χ0) is 18.6. The van der Waals surface area contributed by atoms with Crippen LogP contribution in [0.25, 0.3) is 0 Å². The zero-order valence-electron chi connectivity index (χ0n) is 15.3. The van der Waals surface area contributed by atoms with Gasteiger partial charge in [-0.05, 0) is 49.3 Å². The summed E-state index contributed by atoms with van der Waals surface area (Å²) in [4.78, 5) is 14.3. The van der Waals surface area contributed by atoms with Gasteiger partial charge in [0.2, 0.25) is 5.91 Å². The summed E-state index contributed by atoms with van der Waals surface area (Å²) in [5.41, 5.74) is 1.32. The van der Waals surface area contributed by atoms with Gasteiger partial charge < -0.3 is 9.64 Å². The van der Waals surface area contributed by atoms with Crippen molar-refractivity contribution in [2.45, 2.75) is 32.1 Å². The van der Waals surface area contributed by atoms with E-state index >= 15 is 0 Å². The van der Waals surface area contributed by atoms with Crippen LogP contribution in [-0.4, -0.2) is 45.2 Å². The monoisotopic (exact) mass is 377 g/mol. The quantitative estimate of drug-likeness (QED) is 0.765. The third kappa shape index (κ3) is 5.10. The summed E-state index contributed by atoms with van der Waals surface area (Å²) in [5.74, 6) is 1.54. The largest absolute Gasteiger partial charge is 0.497 e. The number of sulfone groups is 1. The van der Waals surface area contributed by atoms with Gasteiger partial charge in [0, 0.05) is 30.8 Å². The van der Waals surface area contributed by atoms with Crippen LogP contribution in [0.15, 0.2) is 35.7 Å². The number of rotatable bonds is 6. The second-order valence-corrected chi connectivity index (χ2v) is 9.26. The number of allylic oxidation sites excluding steroid dienone is 1. The lowest BCUT2D eigenvalue weighted by Crippen LogP contribution is -2.39. The van der Waals surface area contributed by atoms with Gasteiger partial charge in [-0.25, -0.2) is 8.42 Å². The van der Waals surface area contributed by atoms with Gasteiger partial charge in [-0.15, -0.1) is 0 Å². The van der Waals surface area contributed by atoms with Gasteiger partial charge in [0.25, 0.3) is 0 Å². The van der Waals surface area contributed by atoms with Crippen LogP contribution in [-0.2, 0) is 21.1 Å². The minimum Gasteiger partial charge on any atom is -0.497 e. The van der Waals surface area contributed by atoms with Gasteiger partial charge in [0.1, 0.15) is 5.75 Å². The summed E-state index contributed by atoms with van der Waals surface area (Å²) in [6.45, 7) is 1.57. The van der Waals surface area contributed by atoms with Crippen LogP contribution in [0.4, 0.5) is 0 Å². The molecule has 0 bridgehead atoms. The van der Waals surface area contributed by atoms with E-state index in [0.29, 0.717) is 12.3 Å². The lowest BCUT2D eigenvalue weighted by molar-refractivity contribution is -0.133. The fourth-order valence-electron chi connectivity index (χ4n) is 3.75. The van der Waals surface area contributed by atoms with E-state index in [1.807, 2.05) is 17.0 Å². The number of amides is 1. The molecule has 142 valence electrons. The summed E-state index contributed by atoms with van der Waals surface area (Å²) >= 11 is 0. The smallest absolute Gasteiger partial charge is 0.223 e. The first kappa shape index (κ1) is 19.0. The van der Waals surface area contributed by atoms with Crippen molar-refractivity contribution in [3.63, 3.8) is 0 Å². The van der Waals surface area contributed by atoms with Crippen LogP contribution in [0.5, 0.6) is 5.75 Å². The van der Waals surface area contributed by atoms with Crippen LogP contribution in [0.2, 0.25) is 0 Å². The van der Waals surface area contributed by atoms with E-state index < -0.39 is 9.84 Å².